The first-order valence-corrected chi connectivity index (χ1v) is 14.5. The van der Waals surface area contributed by atoms with Crippen LogP contribution in [0.2, 0.25) is 0 Å². The van der Waals surface area contributed by atoms with Crippen LogP contribution < -0.4 is 19.5 Å². The lowest BCUT2D eigenvalue weighted by Crippen LogP contribution is -2.55. The number of halogens is 1. The van der Waals surface area contributed by atoms with Crippen molar-refractivity contribution in [1.82, 2.24) is 10.2 Å². The van der Waals surface area contributed by atoms with Gasteiger partial charge in [0.2, 0.25) is 5.91 Å². The third-order valence-electron chi connectivity index (χ3n) is 8.24. The van der Waals surface area contributed by atoms with Crippen molar-refractivity contribution < 1.29 is 47.6 Å². The summed E-state index contributed by atoms with van der Waals surface area (Å²) >= 11 is 0. The number of carbonyl (C=O) groups excluding carboxylic acids is 3. The monoisotopic (exact) mass is 630 g/mol. The van der Waals surface area contributed by atoms with Gasteiger partial charge in [-0.3, -0.25) is 14.4 Å². The highest BCUT2D eigenvalue weighted by molar-refractivity contribution is 5.99. The molecular formula is C34H31FN2O9. The van der Waals surface area contributed by atoms with Crippen molar-refractivity contribution in [3.8, 4) is 17.2 Å². The van der Waals surface area contributed by atoms with E-state index in [1.54, 1.807) is 30.3 Å². The average Bonchev–Trinajstić information content (AvgIpc) is 3.69. The Hall–Kier alpha value is -5.20. The van der Waals surface area contributed by atoms with E-state index in [9.17, 15) is 29.0 Å². The van der Waals surface area contributed by atoms with Gasteiger partial charge in [-0.2, -0.15) is 0 Å². The molecule has 4 unspecified atom stereocenters. The van der Waals surface area contributed by atoms with E-state index >= 15 is 0 Å². The molecule has 0 saturated heterocycles. The highest BCUT2D eigenvalue weighted by atomic mass is 19.1. The SMILES string of the molecule is COc1cc(C=O)cc2c1OC1C2C(C(=O)NCCO)=CC(N(Cc2ccc(F)cc2)C(=O)c2cc3cccc(OC)c3o2)C1O. The minimum atomic E-state index is -1.39. The van der Waals surface area contributed by atoms with Crippen molar-refractivity contribution >= 4 is 29.1 Å². The largest absolute Gasteiger partial charge is 0.493 e. The Bertz CT molecular complexity index is 1830. The molecule has 1 aromatic heterocycles. The van der Waals surface area contributed by atoms with Crippen LogP contribution in [0.5, 0.6) is 17.2 Å². The summed E-state index contributed by atoms with van der Waals surface area (Å²) in [5.41, 5.74) is 1.79. The number of para-hydroxylation sites is 1. The van der Waals surface area contributed by atoms with Gasteiger partial charge in [-0.15, -0.1) is 0 Å². The van der Waals surface area contributed by atoms with Crippen LogP contribution >= 0.6 is 0 Å². The van der Waals surface area contributed by atoms with Gasteiger partial charge < -0.3 is 39.1 Å². The van der Waals surface area contributed by atoms with Crippen molar-refractivity contribution in [3.63, 3.8) is 0 Å². The molecular weight excluding hydrogens is 599 g/mol. The second kappa shape index (κ2) is 12.7. The molecule has 11 nitrogen and oxygen atoms in total. The zero-order chi connectivity index (χ0) is 32.5. The number of aldehydes is 1. The first-order chi connectivity index (χ1) is 22.3. The molecule has 3 aromatic carbocycles. The van der Waals surface area contributed by atoms with Gasteiger partial charge >= 0.3 is 0 Å². The summed E-state index contributed by atoms with van der Waals surface area (Å²) in [5, 5.41) is 24.6. The van der Waals surface area contributed by atoms with Crippen LogP contribution in [-0.4, -0.2) is 78.8 Å². The van der Waals surface area contributed by atoms with Crippen LogP contribution in [0.1, 0.15) is 38.0 Å². The zero-order valence-corrected chi connectivity index (χ0v) is 24.9. The number of benzene rings is 3. The number of aliphatic hydroxyl groups excluding tert-OH is 2. The molecule has 3 N–H and O–H groups in total. The summed E-state index contributed by atoms with van der Waals surface area (Å²) < 4.78 is 36.9. The van der Waals surface area contributed by atoms with Gasteiger partial charge in [-0.25, -0.2) is 4.39 Å². The molecule has 4 atom stereocenters. The number of hydrogen-bond donors (Lipinski definition) is 3. The molecule has 2 heterocycles. The summed E-state index contributed by atoms with van der Waals surface area (Å²) in [6.07, 6.45) is -0.338. The van der Waals surface area contributed by atoms with Gasteiger partial charge in [0.25, 0.3) is 5.91 Å². The van der Waals surface area contributed by atoms with Crippen LogP contribution in [0, 0.1) is 5.82 Å². The number of rotatable bonds is 10. The van der Waals surface area contributed by atoms with Crippen molar-refractivity contribution in [2.24, 2.45) is 0 Å². The van der Waals surface area contributed by atoms with Crippen LogP contribution in [0.4, 0.5) is 4.39 Å². The van der Waals surface area contributed by atoms with Crippen molar-refractivity contribution in [2.75, 3.05) is 27.4 Å². The van der Waals surface area contributed by atoms with E-state index in [-0.39, 0.29) is 48.1 Å². The molecule has 4 aromatic rings. The Balaban J connectivity index is 1.48. The maximum Gasteiger partial charge on any atom is 0.290 e. The van der Waals surface area contributed by atoms with E-state index in [1.165, 1.54) is 55.5 Å². The van der Waals surface area contributed by atoms with E-state index in [0.29, 0.717) is 34.1 Å². The van der Waals surface area contributed by atoms with Crippen molar-refractivity contribution in [2.45, 2.75) is 30.7 Å². The second-order valence-corrected chi connectivity index (χ2v) is 11.0. The van der Waals surface area contributed by atoms with Gasteiger partial charge in [0.05, 0.1) is 32.8 Å². The predicted octanol–water partition coefficient (Wildman–Crippen LogP) is 3.37. The first-order valence-electron chi connectivity index (χ1n) is 14.5. The highest BCUT2D eigenvalue weighted by Gasteiger charge is 2.51. The Morgan fingerprint density at radius 2 is 1.83 bits per heavy atom. The summed E-state index contributed by atoms with van der Waals surface area (Å²) in [5.74, 6) is -1.62. The molecule has 0 bridgehead atoms. The number of amides is 2. The van der Waals surface area contributed by atoms with Crippen LogP contribution in [0.3, 0.4) is 0 Å². The number of nitrogens with zero attached hydrogens (tertiary/aromatic N) is 1. The molecule has 6 rings (SSSR count). The number of fused-ring (bicyclic) bond motifs is 4. The van der Waals surface area contributed by atoms with Gasteiger partial charge in [-0.1, -0.05) is 24.3 Å². The fraction of sp³-hybridized carbons (Fsp3) is 0.265. The van der Waals surface area contributed by atoms with Crippen LogP contribution in [-0.2, 0) is 11.3 Å². The fourth-order valence-electron chi connectivity index (χ4n) is 6.10. The summed E-state index contributed by atoms with van der Waals surface area (Å²) in [6, 6.07) is 14.2. The number of carbonyl (C=O) groups is 3. The Morgan fingerprint density at radius 3 is 2.52 bits per heavy atom. The van der Waals surface area contributed by atoms with Gasteiger partial charge in [-0.05, 0) is 48.0 Å². The minimum absolute atomic E-state index is 0.0504. The summed E-state index contributed by atoms with van der Waals surface area (Å²) in [7, 11) is 2.89. The Kier molecular flexibility index (Phi) is 8.48. The van der Waals surface area contributed by atoms with Crippen molar-refractivity contribution in [3.05, 3.63) is 101 Å². The molecule has 12 heteroatoms. The molecule has 46 heavy (non-hydrogen) atoms. The molecule has 238 valence electrons. The van der Waals surface area contributed by atoms with E-state index < -0.39 is 41.8 Å². The normalized spacial score (nSPS) is 19.8. The minimum Gasteiger partial charge on any atom is -0.493 e. The van der Waals surface area contributed by atoms with Crippen LogP contribution in [0.25, 0.3) is 11.0 Å². The summed E-state index contributed by atoms with van der Waals surface area (Å²) in [4.78, 5) is 41.0. The number of aliphatic hydroxyl groups is 2. The molecule has 1 aliphatic heterocycles. The smallest absolute Gasteiger partial charge is 0.290 e. The topological polar surface area (TPSA) is 148 Å². The van der Waals surface area contributed by atoms with Crippen LogP contribution in [0.15, 0.2) is 76.7 Å². The molecule has 0 saturated carbocycles. The van der Waals surface area contributed by atoms with E-state index in [1.807, 2.05) is 0 Å². The average molecular weight is 631 g/mol. The quantitative estimate of drug-likeness (QED) is 0.224. The molecule has 0 fully saturated rings. The molecule has 0 radical (unpaired) electrons. The van der Waals surface area contributed by atoms with Crippen molar-refractivity contribution in [1.29, 1.82) is 0 Å². The lowest BCUT2D eigenvalue weighted by atomic mass is 9.77. The second-order valence-electron chi connectivity index (χ2n) is 11.0. The number of ether oxygens (including phenoxy) is 3. The number of furan rings is 1. The third-order valence-corrected chi connectivity index (χ3v) is 8.24. The predicted molar refractivity (Wildman–Crippen MR) is 163 cm³/mol. The standard InChI is InChI=1S/C34H31FN2O9/c1-43-25-5-3-4-20-14-27(45-30(20)25)34(42)37(16-18-6-8-21(35)9-7-18)24-15-23(33(41)36-10-11-38)28-22-12-19(17-39)13-26(44-2)31(22)46-32(28)29(24)40/h3-9,12-15,17,24,28-29,32,38,40H,10-11,16H2,1-2H3,(H,36,41). The Morgan fingerprint density at radius 1 is 1.07 bits per heavy atom. The fourth-order valence-corrected chi connectivity index (χ4v) is 6.10. The number of hydrogen-bond acceptors (Lipinski definition) is 9. The molecule has 2 amide bonds. The Labute approximate surface area is 262 Å². The lowest BCUT2D eigenvalue weighted by molar-refractivity contribution is -0.118. The number of nitrogens with one attached hydrogen (secondary N) is 1. The van der Waals surface area contributed by atoms with Gasteiger partial charge in [0.1, 0.15) is 24.3 Å². The van der Waals surface area contributed by atoms with Gasteiger partial charge in [0.15, 0.2) is 28.6 Å². The molecule has 1 aliphatic carbocycles. The first kappa shape index (κ1) is 30.8. The van der Waals surface area contributed by atoms with Gasteiger partial charge in [0, 0.05) is 35.2 Å². The maximum absolute atomic E-state index is 14.3. The van der Waals surface area contributed by atoms with E-state index in [4.69, 9.17) is 18.6 Å². The highest BCUT2D eigenvalue weighted by Crippen LogP contribution is 2.51. The third kappa shape index (κ3) is 5.46. The van der Waals surface area contributed by atoms with E-state index in [0.717, 1.165) is 0 Å². The van der Waals surface area contributed by atoms with E-state index in [2.05, 4.69) is 5.32 Å². The lowest BCUT2D eigenvalue weighted by Gasteiger charge is -2.40. The maximum atomic E-state index is 14.3. The zero-order valence-electron chi connectivity index (χ0n) is 24.9. The number of methoxy groups -OCH3 is 2. The molecule has 0 spiro atoms. The molecule has 2 aliphatic rings. The summed E-state index contributed by atoms with van der Waals surface area (Å²) in [6.45, 7) is -0.467.